The van der Waals surface area contributed by atoms with Crippen LogP contribution in [0.2, 0.25) is 5.02 Å². The summed E-state index contributed by atoms with van der Waals surface area (Å²) >= 11 is 5.76. The molecule has 7 heteroatoms. The highest BCUT2D eigenvalue weighted by Gasteiger charge is 2.23. The van der Waals surface area contributed by atoms with E-state index in [2.05, 4.69) is 10.3 Å². The Morgan fingerprint density at radius 1 is 1.15 bits per heavy atom. The van der Waals surface area contributed by atoms with E-state index in [0.29, 0.717) is 23.2 Å². The summed E-state index contributed by atoms with van der Waals surface area (Å²) < 4.78 is 30.2. The number of hydrogen-bond donors (Lipinski definition) is 1. The predicted octanol–water partition coefficient (Wildman–Crippen LogP) is 2.12. The van der Waals surface area contributed by atoms with Gasteiger partial charge in [-0.05, 0) is 36.4 Å². The van der Waals surface area contributed by atoms with E-state index < -0.39 is 9.84 Å². The summed E-state index contributed by atoms with van der Waals surface area (Å²) in [5.74, 6) is 1.01. The summed E-state index contributed by atoms with van der Waals surface area (Å²) in [6.07, 6.45) is 0. The van der Waals surface area contributed by atoms with Crippen LogP contribution in [0.1, 0.15) is 5.76 Å². The van der Waals surface area contributed by atoms with Crippen LogP contribution in [0.5, 0.6) is 0 Å². The summed E-state index contributed by atoms with van der Waals surface area (Å²) in [4.78, 5) is 4.33. The number of nitrogens with one attached hydrogen (secondary N) is 1. The van der Waals surface area contributed by atoms with Gasteiger partial charge in [0.15, 0.2) is 11.6 Å². The number of hydrogen-bond acceptors (Lipinski definition) is 5. The van der Waals surface area contributed by atoms with Crippen LogP contribution in [0.4, 0.5) is 0 Å². The predicted molar refractivity (Wildman–Crippen MR) is 75.0 cm³/mol. The molecule has 5 nitrogen and oxygen atoms in total. The Hall–Kier alpha value is -1.79. The van der Waals surface area contributed by atoms with Gasteiger partial charge in [-0.1, -0.05) is 11.6 Å². The smallest absolute Gasteiger partial charge is 0.239 e. The van der Waals surface area contributed by atoms with Gasteiger partial charge in [0.1, 0.15) is 0 Å². The van der Waals surface area contributed by atoms with Crippen molar-refractivity contribution in [3.05, 3.63) is 47.2 Å². The highest BCUT2D eigenvalue weighted by Crippen LogP contribution is 2.24. The highest BCUT2D eigenvalue weighted by molar-refractivity contribution is 7.91. The van der Waals surface area contributed by atoms with Crippen LogP contribution in [-0.2, 0) is 9.84 Å². The van der Waals surface area contributed by atoms with Crippen LogP contribution in [0.25, 0.3) is 0 Å². The van der Waals surface area contributed by atoms with E-state index >= 15 is 0 Å². The lowest BCUT2D eigenvalue weighted by atomic mass is 10.4. The fourth-order valence-electron chi connectivity index (χ4n) is 1.88. The van der Waals surface area contributed by atoms with Crippen molar-refractivity contribution in [2.45, 2.75) is 9.99 Å². The fourth-order valence-corrected chi connectivity index (χ4v) is 3.18. The van der Waals surface area contributed by atoms with Gasteiger partial charge in [-0.25, -0.2) is 8.42 Å². The average molecular weight is 311 g/mol. The number of rotatable bonds is 3. The van der Waals surface area contributed by atoms with Crippen LogP contribution in [0.3, 0.4) is 0 Å². The van der Waals surface area contributed by atoms with Gasteiger partial charge in [-0.2, -0.15) is 0 Å². The van der Waals surface area contributed by atoms with Crippen molar-refractivity contribution in [2.75, 3.05) is 13.1 Å². The van der Waals surface area contributed by atoms with Crippen molar-refractivity contribution in [3.8, 4) is 0 Å². The topological polar surface area (TPSA) is 71.7 Å². The molecule has 104 valence electrons. The Kier molecular flexibility index (Phi) is 3.27. The third-order valence-electron chi connectivity index (χ3n) is 2.88. The molecule has 1 aliphatic rings. The van der Waals surface area contributed by atoms with Crippen molar-refractivity contribution < 1.29 is 12.8 Å². The summed E-state index contributed by atoms with van der Waals surface area (Å²) in [7, 11) is -3.67. The van der Waals surface area contributed by atoms with Crippen molar-refractivity contribution in [3.63, 3.8) is 0 Å². The van der Waals surface area contributed by atoms with E-state index in [1.807, 2.05) is 0 Å². The average Bonchev–Trinajstić information content (AvgIpc) is 3.10. The van der Waals surface area contributed by atoms with E-state index in [4.69, 9.17) is 16.0 Å². The second kappa shape index (κ2) is 4.96. The first-order valence-corrected chi connectivity index (χ1v) is 7.83. The molecule has 0 radical (unpaired) electrons. The molecule has 0 spiro atoms. The third kappa shape index (κ3) is 2.32. The summed E-state index contributed by atoms with van der Waals surface area (Å²) in [6, 6.07) is 8.99. The Labute approximate surface area is 121 Å². The SMILES string of the molecule is O=S(=O)(c1ccc(Cl)cc1)c1ccc(C2=NCCN2)o1. The zero-order valence-corrected chi connectivity index (χ0v) is 11.9. The largest absolute Gasteiger partial charge is 0.441 e. The normalized spacial score (nSPS) is 14.9. The van der Waals surface area contributed by atoms with Gasteiger partial charge in [0.2, 0.25) is 14.9 Å². The van der Waals surface area contributed by atoms with Crippen LogP contribution in [0, 0.1) is 0 Å². The lowest BCUT2D eigenvalue weighted by molar-refractivity contribution is 0.443. The molecule has 0 atom stereocenters. The summed E-state index contributed by atoms with van der Waals surface area (Å²) in [5, 5.41) is 3.40. The van der Waals surface area contributed by atoms with Crippen molar-refractivity contribution in [1.82, 2.24) is 5.32 Å². The molecule has 3 rings (SSSR count). The molecule has 0 amide bonds. The zero-order valence-electron chi connectivity index (χ0n) is 10.3. The first kappa shape index (κ1) is 13.2. The Balaban J connectivity index is 1.97. The Morgan fingerprint density at radius 3 is 2.55 bits per heavy atom. The monoisotopic (exact) mass is 310 g/mol. The Bertz CT molecular complexity index is 763. The summed E-state index contributed by atoms with van der Waals surface area (Å²) in [6.45, 7) is 1.39. The van der Waals surface area contributed by atoms with Gasteiger partial charge < -0.3 is 9.73 Å². The molecule has 0 unspecified atom stereocenters. The first-order chi connectivity index (χ1) is 9.57. The van der Waals surface area contributed by atoms with E-state index in [9.17, 15) is 8.42 Å². The van der Waals surface area contributed by atoms with Gasteiger partial charge in [0.05, 0.1) is 11.4 Å². The highest BCUT2D eigenvalue weighted by atomic mass is 35.5. The first-order valence-electron chi connectivity index (χ1n) is 5.96. The van der Waals surface area contributed by atoms with Crippen LogP contribution in [0.15, 0.2) is 55.8 Å². The molecular formula is C13H11ClN2O3S. The molecule has 0 fully saturated rings. The molecule has 2 aromatic rings. The molecule has 0 aliphatic carbocycles. The molecule has 0 saturated heterocycles. The van der Waals surface area contributed by atoms with Gasteiger partial charge >= 0.3 is 0 Å². The lowest BCUT2D eigenvalue weighted by Crippen LogP contribution is -2.18. The Morgan fingerprint density at radius 2 is 1.90 bits per heavy atom. The van der Waals surface area contributed by atoms with E-state index in [1.165, 1.54) is 30.3 Å². The molecule has 2 heterocycles. The van der Waals surface area contributed by atoms with E-state index in [-0.39, 0.29) is 9.99 Å². The number of amidine groups is 1. The standard InChI is InChI=1S/C13H11ClN2O3S/c14-9-1-3-10(4-2-9)20(17,18)12-6-5-11(19-12)13-15-7-8-16-13/h1-6H,7-8H2,(H,15,16). The fraction of sp³-hybridized carbons (Fsp3) is 0.154. The molecule has 1 N–H and O–H groups in total. The molecule has 1 aromatic carbocycles. The number of benzene rings is 1. The molecule has 0 bridgehead atoms. The van der Waals surface area contributed by atoms with E-state index in [0.717, 1.165) is 6.54 Å². The minimum absolute atomic E-state index is 0.105. The number of aliphatic imine (C=N–C) groups is 1. The molecule has 1 aliphatic heterocycles. The molecule has 20 heavy (non-hydrogen) atoms. The third-order valence-corrected chi connectivity index (χ3v) is 4.77. The number of nitrogens with zero attached hydrogens (tertiary/aromatic N) is 1. The maximum Gasteiger partial charge on any atom is 0.239 e. The number of sulfone groups is 1. The lowest BCUT2D eigenvalue weighted by Gasteiger charge is -2.01. The molecule has 1 aromatic heterocycles. The van der Waals surface area contributed by atoms with E-state index in [1.54, 1.807) is 6.07 Å². The quantitative estimate of drug-likeness (QED) is 0.942. The van der Waals surface area contributed by atoms with Gasteiger partial charge in [-0.15, -0.1) is 0 Å². The second-order valence-corrected chi connectivity index (χ2v) is 6.55. The van der Waals surface area contributed by atoms with Crippen molar-refractivity contribution in [1.29, 1.82) is 0 Å². The maximum atomic E-state index is 12.4. The van der Waals surface area contributed by atoms with Gasteiger partial charge in [-0.3, -0.25) is 4.99 Å². The zero-order chi connectivity index (χ0) is 14.2. The van der Waals surface area contributed by atoms with Crippen LogP contribution in [-0.4, -0.2) is 27.3 Å². The van der Waals surface area contributed by atoms with Crippen LogP contribution < -0.4 is 5.32 Å². The van der Waals surface area contributed by atoms with Gasteiger partial charge in [0.25, 0.3) is 0 Å². The van der Waals surface area contributed by atoms with Crippen molar-refractivity contribution in [2.24, 2.45) is 4.99 Å². The number of furan rings is 1. The molecular weight excluding hydrogens is 300 g/mol. The van der Waals surface area contributed by atoms with Crippen molar-refractivity contribution >= 4 is 27.3 Å². The summed E-state index contributed by atoms with van der Waals surface area (Å²) in [5.41, 5.74) is 0. The molecule has 0 saturated carbocycles. The minimum atomic E-state index is -3.67. The number of halogens is 1. The maximum absolute atomic E-state index is 12.4. The minimum Gasteiger partial charge on any atom is -0.441 e. The van der Waals surface area contributed by atoms with Crippen LogP contribution >= 0.6 is 11.6 Å². The van der Waals surface area contributed by atoms with Gasteiger partial charge in [0, 0.05) is 11.6 Å². The second-order valence-electron chi connectivity index (χ2n) is 4.23.